The third kappa shape index (κ3) is 3.43. The monoisotopic (exact) mass is 324 g/mol. The molecule has 110 valence electrons. The van der Waals surface area contributed by atoms with Crippen LogP contribution in [-0.4, -0.2) is 39.8 Å². The summed E-state index contributed by atoms with van der Waals surface area (Å²) in [5.74, 6) is -0.211. The van der Waals surface area contributed by atoms with Gasteiger partial charge < -0.3 is 4.90 Å². The lowest BCUT2D eigenvalue weighted by molar-refractivity contribution is 0.104. The summed E-state index contributed by atoms with van der Waals surface area (Å²) >= 11 is 12.0. The highest BCUT2D eigenvalue weighted by molar-refractivity contribution is 6.35. The van der Waals surface area contributed by atoms with E-state index >= 15 is 0 Å². The molecule has 0 aliphatic rings. The number of ketones is 1. The Morgan fingerprint density at radius 2 is 2.05 bits per heavy atom. The van der Waals surface area contributed by atoms with Crippen molar-refractivity contribution in [2.45, 2.75) is 6.92 Å². The van der Waals surface area contributed by atoms with Crippen molar-refractivity contribution in [3.05, 3.63) is 51.9 Å². The van der Waals surface area contributed by atoms with Crippen LogP contribution in [0.2, 0.25) is 10.0 Å². The van der Waals surface area contributed by atoms with Gasteiger partial charge in [0.15, 0.2) is 5.69 Å². The first kappa shape index (κ1) is 15.5. The van der Waals surface area contributed by atoms with Gasteiger partial charge in [0, 0.05) is 31.4 Å². The smallest absolute Gasteiger partial charge is 0.209 e. The molecule has 1 aromatic heterocycles. The van der Waals surface area contributed by atoms with Gasteiger partial charge in [-0.1, -0.05) is 28.4 Å². The molecule has 0 fully saturated rings. The Balaban J connectivity index is 2.39. The van der Waals surface area contributed by atoms with E-state index in [0.717, 1.165) is 0 Å². The molecular weight excluding hydrogens is 311 g/mol. The first-order chi connectivity index (χ1) is 9.90. The second-order valence-corrected chi connectivity index (χ2v) is 5.52. The number of carbonyl (C=O) groups is 1. The highest BCUT2D eigenvalue weighted by Gasteiger charge is 2.16. The first-order valence-corrected chi connectivity index (χ1v) is 6.92. The summed E-state index contributed by atoms with van der Waals surface area (Å²) in [4.78, 5) is 13.8. The SMILES string of the molecule is Cc1c(C(=O)/C=C/N(C)C)nnn1-c1ccc(Cl)cc1Cl. The van der Waals surface area contributed by atoms with Gasteiger partial charge in [0.25, 0.3) is 0 Å². The maximum atomic E-state index is 12.1. The van der Waals surface area contributed by atoms with Crippen molar-refractivity contribution in [2.75, 3.05) is 14.1 Å². The normalized spacial score (nSPS) is 11.1. The lowest BCUT2D eigenvalue weighted by atomic mass is 10.2. The molecule has 1 heterocycles. The third-order valence-electron chi connectivity index (χ3n) is 2.79. The summed E-state index contributed by atoms with van der Waals surface area (Å²) in [6, 6.07) is 5.06. The Labute approximate surface area is 132 Å². The summed E-state index contributed by atoms with van der Waals surface area (Å²) in [7, 11) is 3.67. The van der Waals surface area contributed by atoms with Crippen LogP contribution < -0.4 is 0 Å². The van der Waals surface area contributed by atoms with E-state index in [4.69, 9.17) is 23.2 Å². The number of carbonyl (C=O) groups excluding carboxylic acids is 1. The second kappa shape index (κ2) is 6.28. The molecule has 0 unspecified atom stereocenters. The molecule has 7 heteroatoms. The molecule has 2 rings (SSSR count). The molecule has 0 aliphatic heterocycles. The van der Waals surface area contributed by atoms with Gasteiger partial charge in [-0.2, -0.15) is 0 Å². The minimum Gasteiger partial charge on any atom is -0.383 e. The van der Waals surface area contributed by atoms with Crippen LogP contribution in [0.1, 0.15) is 16.2 Å². The Morgan fingerprint density at radius 3 is 2.67 bits per heavy atom. The minimum absolute atomic E-state index is 0.211. The summed E-state index contributed by atoms with van der Waals surface area (Å²) in [6.07, 6.45) is 3.11. The molecule has 2 aromatic rings. The van der Waals surface area contributed by atoms with Gasteiger partial charge in [-0.05, 0) is 25.1 Å². The fraction of sp³-hybridized carbons (Fsp3) is 0.214. The predicted octanol–water partition coefficient (Wildman–Crippen LogP) is 3.14. The van der Waals surface area contributed by atoms with E-state index in [9.17, 15) is 4.79 Å². The quantitative estimate of drug-likeness (QED) is 0.640. The lowest BCUT2D eigenvalue weighted by Crippen LogP contribution is -2.05. The van der Waals surface area contributed by atoms with Crippen molar-refractivity contribution in [3.63, 3.8) is 0 Å². The molecule has 0 aliphatic carbocycles. The van der Waals surface area contributed by atoms with Crippen molar-refractivity contribution < 1.29 is 4.79 Å². The Bertz CT molecular complexity index is 707. The molecule has 1 aromatic carbocycles. The second-order valence-electron chi connectivity index (χ2n) is 4.67. The molecule has 0 atom stereocenters. The van der Waals surface area contributed by atoms with Gasteiger partial charge >= 0.3 is 0 Å². The molecule has 0 saturated heterocycles. The van der Waals surface area contributed by atoms with E-state index in [-0.39, 0.29) is 5.78 Å². The van der Waals surface area contributed by atoms with Crippen LogP contribution in [0.25, 0.3) is 5.69 Å². The van der Waals surface area contributed by atoms with Crippen molar-refractivity contribution in [3.8, 4) is 5.69 Å². The highest BCUT2D eigenvalue weighted by atomic mass is 35.5. The number of benzene rings is 1. The number of rotatable bonds is 4. The molecule has 0 saturated carbocycles. The summed E-state index contributed by atoms with van der Waals surface area (Å²) in [5, 5.41) is 8.91. The van der Waals surface area contributed by atoms with Crippen LogP contribution in [-0.2, 0) is 0 Å². The maximum Gasteiger partial charge on any atom is 0.209 e. The van der Waals surface area contributed by atoms with E-state index < -0.39 is 0 Å². The van der Waals surface area contributed by atoms with Crippen LogP contribution >= 0.6 is 23.2 Å². The fourth-order valence-corrected chi connectivity index (χ4v) is 2.22. The van der Waals surface area contributed by atoms with Gasteiger partial charge in [-0.25, -0.2) is 4.68 Å². The molecule has 21 heavy (non-hydrogen) atoms. The fourth-order valence-electron chi connectivity index (χ4n) is 1.73. The molecule has 0 bridgehead atoms. The summed E-state index contributed by atoms with van der Waals surface area (Å²) < 4.78 is 1.52. The Kier molecular flexibility index (Phi) is 4.65. The standard InChI is InChI=1S/C14H14Cl2N4O/c1-9-14(13(21)6-7-19(2)3)17-18-20(9)12-5-4-10(15)8-11(12)16/h4-8H,1-3H3/b7-6+. The zero-order chi connectivity index (χ0) is 15.6. The summed E-state index contributed by atoms with van der Waals surface area (Å²) in [5.41, 5.74) is 1.54. The topological polar surface area (TPSA) is 51.0 Å². The van der Waals surface area contributed by atoms with Gasteiger partial charge in [-0.15, -0.1) is 5.10 Å². The molecule has 0 spiro atoms. The first-order valence-electron chi connectivity index (χ1n) is 6.17. The van der Waals surface area contributed by atoms with Crippen LogP contribution in [0.4, 0.5) is 0 Å². The average molecular weight is 325 g/mol. The van der Waals surface area contributed by atoms with Gasteiger partial charge in [0.2, 0.25) is 5.78 Å². The van der Waals surface area contributed by atoms with Crippen molar-refractivity contribution in [1.82, 2.24) is 19.9 Å². The van der Waals surface area contributed by atoms with E-state index in [1.54, 1.807) is 36.2 Å². The third-order valence-corrected chi connectivity index (χ3v) is 3.33. The minimum atomic E-state index is -0.211. The number of hydrogen-bond donors (Lipinski definition) is 0. The largest absolute Gasteiger partial charge is 0.383 e. The van der Waals surface area contributed by atoms with Crippen LogP contribution in [0.5, 0.6) is 0 Å². The molecule has 0 radical (unpaired) electrons. The van der Waals surface area contributed by atoms with Crippen LogP contribution in [0.15, 0.2) is 30.5 Å². The number of allylic oxidation sites excluding steroid dienone is 1. The van der Waals surface area contributed by atoms with Crippen molar-refractivity contribution in [1.29, 1.82) is 0 Å². The van der Waals surface area contributed by atoms with E-state index in [1.165, 1.54) is 10.8 Å². The van der Waals surface area contributed by atoms with Crippen LogP contribution in [0, 0.1) is 6.92 Å². The highest BCUT2D eigenvalue weighted by Crippen LogP contribution is 2.25. The van der Waals surface area contributed by atoms with E-state index in [2.05, 4.69) is 10.3 Å². The van der Waals surface area contributed by atoms with Gasteiger partial charge in [0.05, 0.1) is 16.4 Å². The zero-order valence-electron chi connectivity index (χ0n) is 11.8. The average Bonchev–Trinajstić information content (AvgIpc) is 2.78. The van der Waals surface area contributed by atoms with Gasteiger partial charge in [-0.3, -0.25) is 4.79 Å². The number of halogens is 2. The maximum absolute atomic E-state index is 12.1. The number of hydrogen-bond acceptors (Lipinski definition) is 4. The predicted molar refractivity (Wildman–Crippen MR) is 83.3 cm³/mol. The Hall–Kier alpha value is -1.85. The number of nitrogens with zero attached hydrogens (tertiary/aromatic N) is 4. The Morgan fingerprint density at radius 1 is 1.33 bits per heavy atom. The molecule has 0 amide bonds. The molecule has 5 nitrogen and oxygen atoms in total. The van der Waals surface area contributed by atoms with E-state index in [0.29, 0.717) is 27.1 Å². The van der Waals surface area contributed by atoms with Crippen molar-refractivity contribution in [2.24, 2.45) is 0 Å². The number of aromatic nitrogens is 3. The zero-order valence-corrected chi connectivity index (χ0v) is 13.4. The van der Waals surface area contributed by atoms with E-state index in [1.807, 2.05) is 14.1 Å². The molecular formula is C14H14Cl2N4O. The summed E-state index contributed by atoms with van der Waals surface area (Å²) in [6.45, 7) is 1.77. The lowest BCUT2D eigenvalue weighted by Gasteiger charge is -2.06. The van der Waals surface area contributed by atoms with Crippen molar-refractivity contribution >= 4 is 29.0 Å². The molecule has 0 N–H and O–H groups in total. The van der Waals surface area contributed by atoms with Gasteiger partial charge in [0.1, 0.15) is 0 Å². The van der Waals surface area contributed by atoms with Crippen LogP contribution in [0.3, 0.4) is 0 Å².